The molecule has 1 unspecified atom stereocenters. The molecule has 3 aromatic rings. The second-order valence-corrected chi connectivity index (χ2v) is 8.45. The highest BCUT2D eigenvalue weighted by Gasteiger charge is 2.30. The number of halogens is 1. The number of nitrogens with one attached hydrogen (secondary N) is 1. The fraction of sp³-hybridized carbons (Fsp3) is 0.333. The van der Waals surface area contributed by atoms with Crippen molar-refractivity contribution in [2.45, 2.75) is 31.0 Å². The number of amides is 1. The second kappa shape index (κ2) is 7.02. The average Bonchev–Trinajstić information content (AvgIpc) is 3.24. The molecule has 0 saturated carbocycles. The third-order valence-electron chi connectivity index (χ3n) is 4.56. The van der Waals surface area contributed by atoms with E-state index in [9.17, 15) is 4.79 Å². The van der Waals surface area contributed by atoms with E-state index < -0.39 is 0 Å². The summed E-state index contributed by atoms with van der Waals surface area (Å²) in [5.41, 5.74) is 3.09. The molecule has 0 aliphatic carbocycles. The third kappa shape index (κ3) is 3.30. The Hall–Kier alpha value is -1.50. The van der Waals surface area contributed by atoms with Crippen LogP contribution in [0.4, 0.5) is 0 Å². The van der Waals surface area contributed by atoms with Crippen molar-refractivity contribution < 1.29 is 4.79 Å². The Bertz CT molecular complexity index is 920. The van der Waals surface area contributed by atoms with Crippen LogP contribution in [-0.2, 0) is 11.2 Å². The van der Waals surface area contributed by atoms with E-state index >= 15 is 0 Å². The average molecular weight is 392 g/mol. The number of rotatable bonds is 4. The first-order chi connectivity index (χ1) is 12.2. The zero-order valence-electron chi connectivity index (χ0n) is 13.8. The Morgan fingerprint density at radius 2 is 2.36 bits per heavy atom. The lowest BCUT2D eigenvalue weighted by Gasteiger charge is -2.35. The summed E-state index contributed by atoms with van der Waals surface area (Å²) in [6, 6.07) is 7.94. The highest BCUT2D eigenvalue weighted by Crippen LogP contribution is 2.35. The van der Waals surface area contributed by atoms with Gasteiger partial charge in [0.15, 0.2) is 5.16 Å². The van der Waals surface area contributed by atoms with Crippen LogP contribution in [0.2, 0.25) is 5.02 Å². The molecule has 3 heterocycles. The molecule has 0 radical (unpaired) electrons. The summed E-state index contributed by atoms with van der Waals surface area (Å²) >= 11 is 9.26. The first-order valence-electron chi connectivity index (χ1n) is 8.29. The quantitative estimate of drug-likeness (QED) is 0.643. The van der Waals surface area contributed by atoms with E-state index in [-0.39, 0.29) is 11.9 Å². The molecule has 4 nitrogen and oxygen atoms in total. The lowest BCUT2D eigenvalue weighted by Crippen LogP contribution is -2.40. The number of thioether (sulfide) groups is 1. The highest BCUT2D eigenvalue weighted by atomic mass is 35.5. The van der Waals surface area contributed by atoms with Gasteiger partial charge in [-0.1, -0.05) is 30.3 Å². The summed E-state index contributed by atoms with van der Waals surface area (Å²) in [4.78, 5) is 24.0. The molecule has 1 aromatic carbocycles. The molecule has 130 valence electrons. The van der Waals surface area contributed by atoms with Crippen molar-refractivity contribution in [1.82, 2.24) is 14.9 Å². The summed E-state index contributed by atoms with van der Waals surface area (Å²) in [6.07, 6.45) is 1.91. The van der Waals surface area contributed by atoms with E-state index in [0.29, 0.717) is 10.8 Å². The molecule has 0 bridgehead atoms. The Kier molecular flexibility index (Phi) is 4.75. The third-order valence-corrected chi connectivity index (χ3v) is 6.65. The van der Waals surface area contributed by atoms with Crippen LogP contribution in [0, 0.1) is 0 Å². The van der Waals surface area contributed by atoms with Gasteiger partial charge in [0.25, 0.3) is 0 Å². The van der Waals surface area contributed by atoms with Crippen LogP contribution in [0.1, 0.15) is 29.8 Å². The molecule has 1 atom stereocenters. The van der Waals surface area contributed by atoms with E-state index in [4.69, 9.17) is 11.6 Å². The molecule has 4 rings (SSSR count). The van der Waals surface area contributed by atoms with Crippen LogP contribution in [-0.4, -0.2) is 33.1 Å². The van der Waals surface area contributed by atoms with Crippen molar-refractivity contribution in [3.8, 4) is 0 Å². The van der Waals surface area contributed by atoms with Gasteiger partial charge >= 0.3 is 0 Å². The van der Waals surface area contributed by atoms with E-state index in [1.807, 2.05) is 23.1 Å². The van der Waals surface area contributed by atoms with E-state index in [0.717, 1.165) is 35.6 Å². The summed E-state index contributed by atoms with van der Waals surface area (Å²) < 4.78 is 0. The molecule has 7 heteroatoms. The Labute approximate surface area is 159 Å². The number of aromatic nitrogens is 2. The number of H-pyrrole nitrogens is 1. The van der Waals surface area contributed by atoms with Crippen molar-refractivity contribution in [3.63, 3.8) is 0 Å². The van der Waals surface area contributed by atoms with E-state index in [1.165, 1.54) is 22.2 Å². The Balaban J connectivity index is 1.46. The Morgan fingerprint density at radius 3 is 3.20 bits per heavy atom. The van der Waals surface area contributed by atoms with E-state index in [2.05, 4.69) is 28.3 Å². The van der Waals surface area contributed by atoms with Crippen LogP contribution in [0.3, 0.4) is 0 Å². The number of hydrogen-bond acceptors (Lipinski definition) is 4. The maximum Gasteiger partial charge on any atom is 0.233 e. The van der Waals surface area contributed by atoms with Crippen LogP contribution >= 0.6 is 34.7 Å². The van der Waals surface area contributed by atoms with Gasteiger partial charge in [-0.2, -0.15) is 0 Å². The van der Waals surface area contributed by atoms with Gasteiger partial charge < -0.3 is 9.88 Å². The van der Waals surface area contributed by atoms with Crippen molar-refractivity contribution in [2.24, 2.45) is 0 Å². The predicted molar refractivity (Wildman–Crippen MR) is 105 cm³/mol. The van der Waals surface area contributed by atoms with Gasteiger partial charge in [0.1, 0.15) is 0 Å². The fourth-order valence-electron chi connectivity index (χ4n) is 3.37. The SMILES string of the molecule is CCC1c2ccsc2CCN1C(=O)CSc1nc2ccc(Cl)cc2[nH]1. The number of fused-ring (bicyclic) bond motifs is 2. The molecule has 1 aliphatic heterocycles. The molecule has 0 saturated heterocycles. The summed E-state index contributed by atoms with van der Waals surface area (Å²) in [7, 11) is 0. The molecule has 0 spiro atoms. The van der Waals surface area contributed by atoms with Gasteiger partial charge in [0.2, 0.25) is 5.91 Å². The smallest absolute Gasteiger partial charge is 0.233 e. The topological polar surface area (TPSA) is 49.0 Å². The summed E-state index contributed by atoms with van der Waals surface area (Å²) in [6.45, 7) is 2.95. The van der Waals surface area contributed by atoms with Gasteiger partial charge in [-0.25, -0.2) is 4.98 Å². The minimum atomic E-state index is 0.173. The number of carbonyl (C=O) groups is 1. The predicted octanol–water partition coefficient (Wildman–Crippen LogP) is 4.91. The zero-order chi connectivity index (χ0) is 17.4. The van der Waals surface area contributed by atoms with Crippen LogP contribution in [0.15, 0.2) is 34.8 Å². The standard InChI is InChI=1S/C18H18ClN3OS2/c1-2-15-12-6-8-24-16(12)5-7-22(15)17(23)10-25-18-20-13-4-3-11(19)9-14(13)21-18/h3-4,6,8-9,15H,2,5,7,10H2,1H3,(H,20,21). The summed E-state index contributed by atoms with van der Waals surface area (Å²) in [5.74, 6) is 0.566. The molecule has 0 fully saturated rings. The van der Waals surface area contributed by atoms with Crippen molar-refractivity contribution in [1.29, 1.82) is 0 Å². The Morgan fingerprint density at radius 1 is 1.48 bits per heavy atom. The van der Waals surface area contributed by atoms with E-state index in [1.54, 1.807) is 11.3 Å². The molecule has 2 aromatic heterocycles. The monoisotopic (exact) mass is 391 g/mol. The van der Waals surface area contributed by atoms with Gasteiger partial charge in [-0.15, -0.1) is 11.3 Å². The molecular weight excluding hydrogens is 374 g/mol. The molecule has 1 amide bonds. The minimum absolute atomic E-state index is 0.173. The number of carbonyl (C=O) groups excluding carboxylic acids is 1. The van der Waals surface area contributed by atoms with Gasteiger partial charge in [-0.3, -0.25) is 4.79 Å². The first kappa shape index (κ1) is 16.9. The maximum atomic E-state index is 12.8. The van der Waals surface area contributed by atoms with Crippen LogP contribution < -0.4 is 0 Å². The normalized spacial score (nSPS) is 17.0. The second-order valence-electron chi connectivity index (χ2n) is 6.05. The largest absolute Gasteiger partial charge is 0.335 e. The first-order valence-corrected chi connectivity index (χ1v) is 10.5. The van der Waals surface area contributed by atoms with Gasteiger partial charge in [-0.05, 0) is 48.1 Å². The zero-order valence-corrected chi connectivity index (χ0v) is 16.2. The molecule has 25 heavy (non-hydrogen) atoms. The number of hydrogen-bond donors (Lipinski definition) is 1. The number of nitrogens with zero attached hydrogens (tertiary/aromatic N) is 2. The maximum absolute atomic E-state index is 12.8. The van der Waals surface area contributed by atoms with Crippen LogP contribution in [0.25, 0.3) is 11.0 Å². The lowest BCUT2D eigenvalue weighted by atomic mass is 9.98. The minimum Gasteiger partial charge on any atom is -0.335 e. The van der Waals surface area contributed by atoms with Crippen LogP contribution in [0.5, 0.6) is 0 Å². The molecule has 1 aliphatic rings. The number of aromatic amines is 1. The number of benzene rings is 1. The number of thiophene rings is 1. The van der Waals surface area contributed by atoms with Crippen molar-refractivity contribution >= 4 is 51.6 Å². The summed E-state index contributed by atoms with van der Waals surface area (Å²) in [5, 5.41) is 3.57. The molecule has 1 N–H and O–H groups in total. The molecular formula is C18H18ClN3OS2. The highest BCUT2D eigenvalue weighted by molar-refractivity contribution is 7.99. The lowest BCUT2D eigenvalue weighted by molar-refractivity contribution is -0.131. The number of imidazole rings is 1. The van der Waals surface area contributed by atoms with Gasteiger partial charge in [0, 0.05) is 16.4 Å². The van der Waals surface area contributed by atoms with Gasteiger partial charge in [0.05, 0.1) is 22.8 Å². The fourth-order valence-corrected chi connectivity index (χ4v) is 5.25. The van der Waals surface area contributed by atoms with Crippen molar-refractivity contribution in [3.05, 3.63) is 45.1 Å². The van der Waals surface area contributed by atoms with Crippen molar-refractivity contribution in [2.75, 3.05) is 12.3 Å².